The molecule has 1 heterocycles. The molecule has 0 saturated carbocycles. The molecule has 0 aliphatic rings. The van der Waals surface area contributed by atoms with Gasteiger partial charge in [0.25, 0.3) is 0 Å². The third-order valence-electron chi connectivity index (χ3n) is 2.26. The molecule has 0 spiro atoms. The summed E-state index contributed by atoms with van der Waals surface area (Å²) in [5, 5.41) is 2.82. The number of nitrogens with one attached hydrogen (secondary N) is 2. The molecule has 0 saturated heterocycles. The van der Waals surface area contributed by atoms with Crippen LogP contribution in [-0.4, -0.2) is 35.6 Å². The summed E-state index contributed by atoms with van der Waals surface area (Å²) >= 11 is 0. The molecule has 90 valence electrons. The van der Waals surface area contributed by atoms with Crippen LogP contribution in [0, 0.1) is 0 Å². The van der Waals surface area contributed by atoms with Crippen LogP contribution in [-0.2, 0) is 9.53 Å². The van der Waals surface area contributed by atoms with Gasteiger partial charge in [-0.15, -0.1) is 0 Å². The van der Waals surface area contributed by atoms with Crippen LogP contribution < -0.4 is 11.1 Å². The van der Waals surface area contributed by atoms with Gasteiger partial charge >= 0.3 is 0 Å². The van der Waals surface area contributed by atoms with Crippen molar-refractivity contribution in [1.29, 1.82) is 0 Å². The molecule has 0 fully saturated rings. The van der Waals surface area contributed by atoms with E-state index in [-0.39, 0.29) is 18.6 Å². The average molecular weight is 226 g/mol. The number of hydrogen-bond donors (Lipinski definition) is 3. The van der Waals surface area contributed by atoms with Crippen molar-refractivity contribution >= 4 is 5.91 Å². The van der Waals surface area contributed by atoms with Gasteiger partial charge in [0.1, 0.15) is 11.9 Å². The van der Waals surface area contributed by atoms with Crippen LogP contribution in [0.25, 0.3) is 0 Å². The SMILES string of the molecule is CCC(NC(=O)C(N)COC)c1ncc[nH]1. The summed E-state index contributed by atoms with van der Waals surface area (Å²) < 4.78 is 4.82. The Morgan fingerprint density at radius 1 is 1.75 bits per heavy atom. The smallest absolute Gasteiger partial charge is 0.239 e. The fraction of sp³-hybridized carbons (Fsp3) is 0.600. The van der Waals surface area contributed by atoms with Gasteiger partial charge in [-0.05, 0) is 6.42 Å². The van der Waals surface area contributed by atoms with Crippen LogP contribution in [0.4, 0.5) is 0 Å². The van der Waals surface area contributed by atoms with Gasteiger partial charge in [0.05, 0.1) is 12.6 Å². The van der Waals surface area contributed by atoms with Gasteiger partial charge in [-0.25, -0.2) is 4.98 Å². The number of carbonyl (C=O) groups excluding carboxylic acids is 1. The lowest BCUT2D eigenvalue weighted by molar-refractivity contribution is -0.124. The molecule has 0 aliphatic heterocycles. The quantitative estimate of drug-likeness (QED) is 0.634. The molecule has 0 aromatic carbocycles. The number of rotatable bonds is 6. The largest absolute Gasteiger partial charge is 0.383 e. The van der Waals surface area contributed by atoms with Crippen LogP contribution in [0.15, 0.2) is 12.4 Å². The number of aromatic nitrogens is 2. The van der Waals surface area contributed by atoms with Crippen LogP contribution in [0.5, 0.6) is 0 Å². The molecular weight excluding hydrogens is 208 g/mol. The van der Waals surface area contributed by atoms with E-state index in [9.17, 15) is 4.79 Å². The predicted molar refractivity (Wildman–Crippen MR) is 59.6 cm³/mol. The first kappa shape index (κ1) is 12.7. The third-order valence-corrected chi connectivity index (χ3v) is 2.26. The lowest BCUT2D eigenvalue weighted by atomic mass is 10.2. The molecule has 0 aliphatic carbocycles. The second-order valence-electron chi connectivity index (χ2n) is 3.51. The van der Waals surface area contributed by atoms with Gasteiger partial charge in [-0.3, -0.25) is 4.79 Å². The van der Waals surface area contributed by atoms with Gasteiger partial charge in [0.15, 0.2) is 0 Å². The van der Waals surface area contributed by atoms with E-state index in [0.717, 1.165) is 12.2 Å². The number of methoxy groups -OCH3 is 1. The van der Waals surface area contributed by atoms with E-state index in [1.807, 2.05) is 6.92 Å². The van der Waals surface area contributed by atoms with Crippen molar-refractivity contribution in [3.63, 3.8) is 0 Å². The molecule has 6 heteroatoms. The minimum atomic E-state index is -0.644. The number of nitrogens with two attached hydrogens (primary N) is 1. The maximum absolute atomic E-state index is 11.6. The first-order chi connectivity index (χ1) is 7.69. The molecule has 1 rings (SSSR count). The number of aromatic amines is 1. The number of H-pyrrole nitrogens is 1. The summed E-state index contributed by atoms with van der Waals surface area (Å²) in [6, 6.07) is -0.778. The average Bonchev–Trinajstić information content (AvgIpc) is 2.79. The molecule has 1 aromatic rings. The van der Waals surface area contributed by atoms with E-state index >= 15 is 0 Å². The van der Waals surface area contributed by atoms with Gasteiger partial charge in [0.2, 0.25) is 5.91 Å². The normalized spacial score (nSPS) is 14.4. The molecule has 2 atom stereocenters. The molecule has 4 N–H and O–H groups in total. The van der Waals surface area contributed by atoms with Gasteiger partial charge < -0.3 is 20.8 Å². The minimum Gasteiger partial charge on any atom is -0.383 e. The Labute approximate surface area is 94.6 Å². The Balaban J connectivity index is 2.54. The zero-order valence-electron chi connectivity index (χ0n) is 9.56. The van der Waals surface area contributed by atoms with E-state index in [1.54, 1.807) is 12.4 Å². The standard InChI is InChI=1S/C10H18N4O2/c1-3-8(9-12-4-5-13-9)14-10(15)7(11)6-16-2/h4-5,7-8H,3,6,11H2,1-2H3,(H,12,13)(H,14,15). The highest BCUT2D eigenvalue weighted by Gasteiger charge is 2.19. The van der Waals surface area contributed by atoms with E-state index < -0.39 is 6.04 Å². The maximum Gasteiger partial charge on any atom is 0.239 e. The van der Waals surface area contributed by atoms with Crippen molar-refractivity contribution < 1.29 is 9.53 Å². The molecule has 0 radical (unpaired) electrons. The Morgan fingerprint density at radius 3 is 3.00 bits per heavy atom. The fourth-order valence-electron chi connectivity index (χ4n) is 1.37. The van der Waals surface area contributed by atoms with Gasteiger partial charge in [-0.1, -0.05) is 6.92 Å². The fourth-order valence-corrected chi connectivity index (χ4v) is 1.37. The van der Waals surface area contributed by atoms with Crippen molar-refractivity contribution in [3.05, 3.63) is 18.2 Å². The van der Waals surface area contributed by atoms with Crippen LogP contribution in [0.3, 0.4) is 0 Å². The highest BCUT2D eigenvalue weighted by Crippen LogP contribution is 2.10. The molecule has 16 heavy (non-hydrogen) atoms. The van der Waals surface area contributed by atoms with E-state index in [4.69, 9.17) is 10.5 Å². The highest BCUT2D eigenvalue weighted by atomic mass is 16.5. The first-order valence-corrected chi connectivity index (χ1v) is 5.23. The lowest BCUT2D eigenvalue weighted by Crippen LogP contribution is -2.44. The Morgan fingerprint density at radius 2 is 2.50 bits per heavy atom. The summed E-state index contributed by atoms with van der Waals surface area (Å²) in [5.74, 6) is 0.505. The van der Waals surface area contributed by atoms with Gasteiger partial charge in [-0.2, -0.15) is 0 Å². The molecule has 2 unspecified atom stereocenters. The Hall–Kier alpha value is -1.40. The molecular formula is C10H18N4O2. The molecule has 0 bridgehead atoms. The highest BCUT2D eigenvalue weighted by molar-refractivity contribution is 5.81. The van der Waals surface area contributed by atoms with E-state index in [0.29, 0.717) is 0 Å². The summed E-state index contributed by atoms with van der Waals surface area (Å²) in [6.07, 6.45) is 4.12. The Bertz CT molecular complexity index is 313. The molecule has 1 aromatic heterocycles. The predicted octanol–water partition coefficient (Wildman–Crippen LogP) is -0.0493. The van der Waals surface area contributed by atoms with E-state index in [1.165, 1.54) is 7.11 Å². The van der Waals surface area contributed by atoms with Gasteiger partial charge in [0, 0.05) is 19.5 Å². The third kappa shape index (κ3) is 3.32. The maximum atomic E-state index is 11.6. The number of hydrogen-bond acceptors (Lipinski definition) is 4. The lowest BCUT2D eigenvalue weighted by Gasteiger charge is -2.17. The van der Waals surface area contributed by atoms with Crippen molar-refractivity contribution in [3.8, 4) is 0 Å². The Kier molecular flexibility index (Phi) is 4.94. The number of carbonyl (C=O) groups is 1. The van der Waals surface area contributed by atoms with Crippen molar-refractivity contribution in [1.82, 2.24) is 15.3 Å². The summed E-state index contributed by atoms with van der Waals surface area (Å²) in [7, 11) is 1.51. The number of imidazole rings is 1. The summed E-state index contributed by atoms with van der Waals surface area (Å²) in [5.41, 5.74) is 5.62. The number of ether oxygens (including phenoxy) is 1. The second-order valence-corrected chi connectivity index (χ2v) is 3.51. The van der Waals surface area contributed by atoms with Crippen LogP contribution in [0.2, 0.25) is 0 Å². The zero-order chi connectivity index (χ0) is 12.0. The first-order valence-electron chi connectivity index (χ1n) is 5.23. The molecule has 6 nitrogen and oxygen atoms in total. The number of nitrogens with zero attached hydrogens (tertiary/aromatic N) is 1. The molecule has 1 amide bonds. The summed E-state index contributed by atoms with van der Waals surface area (Å²) in [4.78, 5) is 18.7. The summed E-state index contributed by atoms with van der Waals surface area (Å²) in [6.45, 7) is 2.18. The van der Waals surface area contributed by atoms with Crippen LogP contribution >= 0.6 is 0 Å². The number of amides is 1. The zero-order valence-corrected chi connectivity index (χ0v) is 9.56. The minimum absolute atomic E-state index is 0.134. The van der Waals surface area contributed by atoms with Crippen molar-refractivity contribution in [2.24, 2.45) is 5.73 Å². The van der Waals surface area contributed by atoms with Crippen molar-refractivity contribution in [2.75, 3.05) is 13.7 Å². The second kappa shape index (κ2) is 6.24. The van der Waals surface area contributed by atoms with Crippen LogP contribution in [0.1, 0.15) is 25.2 Å². The monoisotopic (exact) mass is 226 g/mol. The topological polar surface area (TPSA) is 93.0 Å². The van der Waals surface area contributed by atoms with Crippen molar-refractivity contribution in [2.45, 2.75) is 25.4 Å². The van der Waals surface area contributed by atoms with E-state index in [2.05, 4.69) is 15.3 Å².